The number of phenols is 1. The topological polar surface area (TPSA) is 131 Å². The molecule has 9 heteroatoms. The predicted octanol–water partition coefficient (Wildman–Crippen LogP) is 4.93. The van der Waals surface area contributed by atoms with Crippen molar-refractivity contribution in [2.45, 2.75) is 32.7 Å². The van der Waals surface area contributed by atoms with Crippen molar-refractivity contribution >= 4 is 11.9 Å². The van der Waals surface area contributed by atoms with Crippen LogP contribution in [0.1, 0.15) is 39.4 Å². The number of hydrogen-bond acceptors (Lipinski definition) is 7. The lowest BCUT2D eigenvalue weighted by Gasteiger charge is -2.14. The third-order valence-electron chi connectivity index (χ3n) is 6.19. The zero-order valence-corrected chi connectivity index (χ0v) is 21.8. The normalized spacial score (nSPS) is 10.7. The van der Waals surface area contributed by atoms with E-state index in [1.54, 1.807) is 12.1 Å². The number of ether oxygens (including phenoxy) is 2. The Hall–Kier alpha value is -4.79. The molecule has 0 atom stereocenters. The van der Waals surface area contributed by atoms with Crippen molar-refractivity contribution in [1.29, 1.82) is 0 Å². The van der Waals surface area contributed by atoms with Crippen LogP contribution in [0.25, 0.3) is 11.5 Å². The highest BCUT2D eigenvalue weighted by atomic mass is 16.5. The maximum atomic E-state index is 12.7. The molecule has 9 nitrogen and oxygen atoms in total. The number of carboxylic acid groups (broad SMARTS) is 1. The maximum Gasteiger partial charge on any atom is 0.303 e. The third-order valence-corrected chi connectivity index (χ3v) is 6.19. The van der Waals surface area contributed by atoms with E-state index in [9.17, 15) is 14.7 Å². The van der Waals surface area contributed by atoms with Gasteiger partial charge in [-0.1, -0.05) is 24.3 Å². The molecule has 202 valence electrons. The molecule has 0 unspecified atom stereocenters. The van der Waals surface area contributed by atoms with Gasteiger partial charge in [-0.15, -0.1) is 0 Å². The van der Waals surface area contributed by atoms with Gasteiger partial charge >= 0.3 is 5.97 Å². The first kappa shape index (κ1) is 27.3. The molecule has 4 aromatic rings. The summed E-state index contributed by atoms with van der Waals surface area (Å²) in [5.41, 5.74) is 3.58. The van der Waals surface area contributed by atoms with Gasteiger partial charge in [0.15, 0.2) is 11.5 Å². The molecule has 3 N–H and O–H groups in total. The van der Waals surface area contributed by atoms with Crippen molar-refractivity contribution in [3.8, 4) is 28.7 Å². The van der Waals surface area contributed by atoms with Crippen molar-refractivity contribution < 1.29 is 33.7 Å². The summed E-state index contributed by atoms with van der Waals surface area (Å²) in [4.78, 5) is 28.5. The minimum atomic E-state index is -0.903. The molecule has 0 radical (unpaired) electrons. The fraction of sp³-hybridized carbons (Fsp3) is 0.233. The molecule has 1 amide bonds. The summed E-state index contributed by atoms with van der Waals surface area (Å²) >= 11 is 0. The molecule has 0 fully saturated rings. The van der Waals surface area contributed by atoms with Crippen molar-refractivity contribution in [3.05, 3.63) is 94.9 Å². The van der Waals surface area contributed by atoms with Crippen LogP contribution in [-0.4, -0.2) is 40.8 Å². The van der Waals surface area contributed by atoms with Gasteiger partial charge in [-0.25, -0.2) is 4.98 Å². The van der Waals surface area contributed by atoms with Gasteiger partial charge in [0.1, 0.15) is 11.5 Å². The number of aryl methyl sites for hydroxylation is 2. The molecule has 3 aromatic carbocycles. The number of carbonyl (C=O) groups excluding carboxylic acids is 1. The highest BCUT2D eigenvalue weighted by Gasteiger charge is 2.14. The summed E-state index contributed by atoms with van der Waals surface area (Å²) < 4.78 is 16.9. The van der Waals surface area contributed by atoms with Gasteiger partial charge in [0, 0.05) is 30.5 Å². The molecule has 0 saturated heterocycles. The fourth-order valence-electron chi connectivity index (χ4n) is 4.07. The molecule has 1 heterocycles. The Morgan fingerprint density at radius 3 is 2.54 bits per heavy atom. The number of aliphatic carboxylic acids is 1. The second-order valence-electron chi connectivity index (χ2n) is 8.88. The summed E-state index contributed by atoms with van der Waals surface area (Å²) in [6.45, 7) is 2.39. The number of aromatic hydroxyl groups is 1. The van der Waals surface area contributed by atoms with Crippen LogP contribution < -0.4 is 14.8 Å². The van der Waals surface area contributed by atoms with E-state index in [-0.39, 0.29) is 30.4 Å². The molecular formula is C30H30N2O7. The van der Waals surface area contributed by atoms with Gasteiger partial charge in [-0.3, -0.25) is 9.59 Å². The molecule has 4 rings (SSSR count). The van der Waals surface area contributed by atoms with Gasteiger partial charge in [-0.05, 0) is 66.9 Å². The second-order valence-corrected chi connectivity index (χ2v) is 8.88. The number of nitrogens with one attached hydrogen (secondary N) is 1. The maximum absolute atomic E-state index is 12.7. The highest BCUT2D eigenvalue weighted by molar-refractivity contribution is 5.94. The molecule has 0 aliphatic rings. The minimum Gasteiger partial charge on any atom is -0.504 e. The molecule has 0 bridgehead atoms. The zero-order chi connectivity index (χ0) is 27.8. The second kappa shape index (κ2) is 12.6. The lowest BCUT2D eigenvalue weighted by Crippen LogP contribution is -2.23. The van der Waals surface area contributed by atoms with Crippen LogP contribution in [0.4, 0.5) is 0 Å². The van der Waals surface area contributed by atoms with E-state index in [0.717, 1.165) is 28.1 Å². The van der Waals surface area contributed by atoms with Crippen LogP contribution in [0.2, 0.25) is 0 Å². The van der Waals surface area contributed by atoms with Crippen LogP contribution in [0.3, 0.4) is 0 Å². The Kier molecular flexibility index (Phi) is 8.83. The van der Waals surface area contributed by atoms with E-state index in [1.165, 1.54) is 25.3 Å². The standard InChI is InChI=1S/C30H30N2O7/c1-19-25(32-30(39-19)21-6-4-3-5-7-21)14-15-38-24-11-8-20(10-13-28(34)35)23(16-24)18-31-29(36)22-9-12-26(33)27(17-22)37-2/h3-9,11-12,16-17,33H,10,13-15,18H2,1-2H3,(H,31,36)(H,34,35). The van der Waals surface area contributed by atoms with Crippen LogP contribution in [-0.2, 0) is 24.2 Å². The van der Waals surface area contributed by atoms with E-state index in [4.69, 9.17) is 19.0 Å². The molecule has 0 spiro atoms. The number of phenolic OH excluding ortho intramolecular Hbond substituents is 1. The van der Waals surface area contributed by atoms with Crippen LogP contribution in [0, 0.1) is 6.92 Å². The molecular weight excluding hydrogens is 500 g/mol. The van der Waals surface area contributed by atoms with Gasteiger partial charge < -0.3 is 29.4 Å². The lowest BCUT2D eigenvalue weighted by molar-refractivity contribution is -0.136. The minimum absolute atomic E-state index is 0.0362. The first-order valence-corrected chi connectivity index (χ1v) is 12.5. The average Bonchev–Trinajstić information content (AvgIpc) is 3.32. The van der Waals surface area contributed by atoms with E-state index in [0.29, 0.717) is 36.7 Å². The van der Waals surface area contributed by atoms with Crippen molar-refractivity contribution in [1.82, 2.24) is 10.3 Å². The Labute approximate surface area is 226 Å². The quantitative estimate of drug-likeness (QED) is 0.235. The number of carbonyl (C=O) groups is 2. The van der Waals surface area contributed by atoms with Crippen molar-refractivity contribution in [2.75, 3.05) is 13.7 Å². The summed E-state index contributed by atoms with van der Waals surface area (Å²) in [6, 6.07) is 19.4. The number of hydrogen-bond donors (Lipinski definition) is 3. The smallest absolute Gasteiger partial charge is 0.303 e. The molecule has 0 saturated carbocycles. The number of benzene rings is 3. The van der Waals surface area contributed by atoms with E-state index in [1.807, 2.05) is 43.3 Å². The fourth-order valence-corrected chi connectivity index (χ4v) is 4.07. The van der Waals surface area contributed by atoms with Crippen LogP contribution in [0.5, 0.6) is 17.2 Å². The Balaban J connectivity index is 1.43. The highest BCUT2D eigenvalue weighted by Crippen LogP contribution is 2.27. The van der Waals surface area contributed by atoms with Gasteiger partial charge in [0.2, 0.25) is 5.89 Å². The van der Waals surface area contributed by atoms with Crippen molar-refractivity contribution in [3.63, 3.8) is 0 Å². The number of nitrogens with zero attached hydrogens (tertiary/aromatic N) is 1. The zero-order valence-electron chi connectivity index (χ0n) is 21.8. The molecule has 39 heavy (non-hydrogen) atoms. The number of oxazole rings is 1. The summed E-state index contributed by atoms with van der Waals surface area (Å²) in [6.07, 6.45) is 0.817. The van der Waals surface area contributed by atoms with Crippen LogP contribution in [0.15, 0.2) is 71.1 Å². The summed E-state index contributed by atoms with van der Waals surface area (Å²) in [5, 5.41) is 21.8. The molecule has 0 aliphatic carbocycles. The third kappa shape index (κ3) is 7.16. The average molecular weight is 531 g/mol. The number of amides is 1. The van der Waals surface area contributed by atoms with E-state index in [2.05, 4.69) is 10.3 Å². The Morgan fingerprint density at radius 1 is 1.00 bits per heavy atom. The van der Waals surface area contributed by atoms with Gasteiger partial charge in [-0.2, -0.15) is 0 Å². The molecule has 0 aliphatic heterocycles. The van der Waals surface area contributed by atoms with E-state index < -0.39 is 5.97 Å². The Morgan fingerprint density at radius 2 is 1.79 bits per heavy atom. The first-order chi connectivity index (χ1) is 18.8. The first-order valence-electron chi connectivity index (χ1n) is 12.5. The lowest BCUT2D eigenvalue weighted by atomic mass is 10.0. The number of rotatable bonds is 12. The molecule has 1 aromatic heterocycles. The Bertz CT molecular complexity index is 1450. The summed E-state index contributed by atoms with van der Waals surface area (Å²) in [5.74, 6) is 0.754. The van der Waals surface area contributed by atoms with E-state index >= 15 is 0 Å². The van der Waals surface area contributed by atoms with Crippen LogP contribution >= 0.6 is 0 Å². The number of aromatic nitrogens is 1. The number of methoxy groups -OCH3 is 1. The van der Waals surface area contributed by atoms with Gasteiger partial charge in [0.05, 0.1) is 19.4 Å². The monoisotopic (exact) mass is 530 g/mol. The number of carboxylic acids is 1. The largest absolute Gasteiger partial charge is 0.504 e. The summed E-state index contributed by atoms with van der Waals surface area (Å²) in [7, 11) is 1.41. The van der Waals surface area contributed by atoms with Gasteiger partial charge in [0.25, 0.3) is 5.91 Å². The SMILES string of the molecule is COc1cc(C(=O)NCc2cc(OCCc3nc(-c4ccccc4)oc3C)ccc2CCC(=O)O)ccc1O. The van der Waals surface area contributed by atoms with Crippen molar-refractivity contribution in [2.24, 2.45) is 0 Å². The predicted molar refractivity (Wildman–Crippen MR) is 144 cm³/mol.